The van der Waals surface area contributed by atoms with E-state index in [1.54, 1.807) is 0 Å². The number of aromatic nitrogens is 1. The zero-order valence-electron chi connectivity index (χ0n) is 8.31. The van der Waals surface area contributed by atoms with Crippen LogP contribution >= 0.6 is 0 Å². The monoisotopic (exact) mass is 387 g/mol. The molecule has 0 amide bonds. The molecule has 3 aromatic rings. The summed E-state index contributed by atoms with van der Waals surface area (Å²) in [6, 6.07) is 18.5. The molecule has 0 fully saturated rings. The molecule has 0 unspecified atom stereocenters. The molecule has 2 nitrogen and oxygen atoms in total. The van der Waals surface area contributed by atoms with Gasteiger partial charge in [0.15, 0.2) is 0 Å². The first kappa shape index (κ1) is 11.1. The van der Waals surface area contributed by atoms with Crippen molar-refractivity contribution in [2.45, 2.75) is 0 Å². The van der Waals surface area contributed by atoms with Crippen LogP contribution in [0.15, 0.2) is 52.9 Å². The standard InChI is InChI=1S/C13H8NO.Ir/c1-2-6-10(7-3-1)13-14-11-8-4-5-9-12(11)15-13;/h1-6,8-9H;/q-1;. The first-order valence-corrected chi connectivity index (χ1v) is 4.76. The zero-order valence-corrected chi connectivity index (χ0v) is 10.7. The summed E-state index contributed by atoms with van der Waals surface area (Å²) in [7, 11) is 0. The van der Waals surface area contributed by atoms with Crippen LogP contribution in [-0.2, 0) is 20.1 Å². The molecule has 1 aromatic heterocycles. The first-order chi connectivity index (χ1) is 7.43. The number of oxazole rings is 1. The van der Waals surface area contributed by atoms with Crippen LogP contribution in [0.4, 0.5) is 0 Å². The van der Waals surface area contributed by atoms with Crippen molar-refractivity contribution in [2.75, 3.05) is 0 Å². The Morgan fingerprint density at radius 2 is 1.81 bits per heavy atom. The molecular formula is C13H8IrNO-. The molecule has 2 aromatic carbocycles. The van der Waals surface area contributed by atoms with Crippen LogP contribution < -0.4 is 0 Å². The van der Waals surface area contributed by atoms with Crippen molar-refractivity contribution in [3.63, 3.8) is 0 Å². The molecule has 0 aliphatic heterocycles. The summed E-state index contributed by atoms with van der Waals surface area (Å²) in [6.07, 6.45) is 0. The van der Waals surface area contributed by atoms with Gasteiger partial charge < -0.3 is 4.42 Å². The normalized spacial score (nSPS) is 10.0. The van der Waals surface area contributed by atoms with Gasteiger partial charge in [0, 0.05) is 20.1 Å². The summed E-state index contributed by atoms with van der Waals surface area (Å²) in [5.41, 5.74) is 2.57. The Morgan fingerprint density at radius 1 is 1.00 bits per heavy atom. The minimum Gasteiger partial charge on any atom is -0.481 e. The third kappa shape index (κ3) is 1.92. The van der Waals surface area contributed by atoms with E-state index < -0.39 is 0 Å². The number of hydrogen-bond acceptors (Lipinski definition) is 2. The Hall–Kier alpha value is -1.44. The van der Waals surface area contributed by atoms with E-state index in [2.05, 4.69) is 11.1 Å². The summed E-state index contributed by atoms with van der Waals surface area (Å²) >= 11 is 0. The molecule has 0 aliphatic carbocycles. The van der Waals surface area contributed by atoms with Crippen LogP contribution in [0.2, 0.25) is 0 Å². The molecule has 0 atom stereocenters. The van der Waals surface area contributed by atoms with E-state index in [1.807, 2.05) is 48.5 Å². The second kappa shape index (κ2) is 4.60. The van der Waals surface area contributed by atoms with Crippen LogP contribution in [0.5, 0.6) is 0 Å². The van der Waals surface area contributed by atoms with E-state index >= 15 is 0 Å². The maximum atomic E-state index is 5.61. The average molecular weight is 386 g/mol. The van der Waals surface area contributed by atoms with E-state index in [-0.39, 0.29) is 20.1 Å². The van der Waals surface area contributed by atoms with Gasteiger partial charge in [-0.2, -0.15) is 0 Å². The minimum atomic E-state index is 0. The maximum absolute atomic E-state index is 5.61. The van der Waals surface area contributed by atoms with Gasteiger partial charge in [-0.15, -0.1) is 30.3 Å². The molecule has 0 saturated heterocycles. The van der Waals surface area contributed by atoms with Crippen molar-refractivity contribution in [3.8, 4) is 11.5 Å². The van der Waals surface area contributed by atoms with Gasteiger partial charge in [0.2, 0.25) is 0 Å². The molecule has 81 valence electrons. The van der Waals surface area contributed by atoms with Crippen molar-refractivity contribution in [1.29, 1.82) is 0 Å². The van der Waals surface area contributed by atoms with Gasteiger partial charge in [-0.25, -0.2) is 0 Å². The van der Waals surface area contributed by atoms with Crippen LogP contribution in [0.3, 0.4) is 0 Å². The summed E-state index contributed by atoms with van der Waals surface area (Å²) in [5.74, 6) is 0.622. The summed E-state index contributed by atoms with van der Waals surface area (Å²) in [5, 5.41) is 0. The van der Waals surface area contributed by atoms with Gasteiger partial charge in [-0.1, -0.05) is 17.7 Å². The second-order valence-electron chi connectivity index (χ2n) is 3.26. The molecule has 3 rings (SSSR count). The molecule has 0 bridgehead atoms. The Balaban J connectivity index is 0.000000963. The Bertz CT molecular complexity index is 556. The fraction of sp³-hybridized carbons (Fsp3) is 0. The first-order valence-electron chi connectivity index (χ1n) is 4.76. The minimum absolute atomic E-state index is 0. The SMILES string of the molecule is [Ir].[c-]1ccccc1-c1nc2ccccc2o1. The molecule has 3 heteroatoms. The number of para-hydroxylation sites is 2. The fourth-order valence-corrected chi connectivity index (χ4v) is 1.51. The van der Waals surface area contributed by atoms with E-state index in [4.69, 9.17) is 4.42 Å². The van der Waals surface area contributed by atoms with Gasteiger partial charge in [-0.05, 0) is 12.1 Å². The van der Waals surface area contributed by atoms with Crippen LogP contribution in [0, 0.1) is 6.07 Å². The Labute approximate surface area is 107 Å². The topological polar surface area (TPSA) is 26.0 Å². The number of hydrogen-bond donors (Lipinski definition) is 0. The van der Waals surface area contributed by atoms with Gasteiger partial charge in [-0.3, -0.25) is 4.98 Å². The molecule has 0 spiro atoms. The third-order valence-electron chi connectivity index (χ3n) is 2.23. The molecule has 1 radical (unpaired) electrons. The Kier molecular flexibility index (Phi) is 3.18. The van der Waals surface area contributed by atoms with Crippen molar-refractivity contribution < 1.29 is 24.5 Å². The quantitative estimate of drug-likeness (QED) is 0.600. The number of nitrogens with zero attached hydrogens (tertiary/aromatic N) is 1. The van der Waals surface area contributed by atoms with Gasteiger partial charge in [0.1, 0.15) is 11.5 Å². The van der Waals surface area contributed by atoms with Crippen molar-refractivity contribution in [2.24, 2.45) is 0 Å². The maximum Gasteiger partial charge on any atom is 0.141 e. The molecular weight excluding hydrogens is 378 g/mol. The van der Waals surface area contributed by atoms with Crippen molar-refractivity contribution in [3.05, 3.63) is 54.6 Å². The van der Waals surface area contributed by atoms with E-state index in [1.165, 1.54) is 0 Å². The van der Waals surface area contributed by atoms with Gasteiger partial charge in [0.25, 0.3) is 0 Å². The van der Waals surface area contributed by atoms with E-state index in [0.717, 1.165) is 16.7 Å². The predicted molar refractivity (Wildman–Crippen MR) is 58.3 cm³/mol. The molecule has 0 N–H and O–H groups in total. The summed E-state index contributed by atoms with van der Waals surface area (Å²) in [6.45, 7) is 0. The van der Waals surface area contributed by atoms with Gasteiger partial charge in [0.05, 0.1) is 5.52 Å². The summed E-state index contributed by atoms with van der Waals surface area (Å²) < 4.78 is 5.61. The molecule has 1 heterocycles. The summed E-state index contributed by atoms with van der Waals surface area (Å²) in [4.78, 5) is 4.39. The van der Waals surface area contributed by atoms with Crippen molar-refractivity contribution in [1.82, 2.24) is 4.98 Å². The zero-order chi connectivity index (χ0) is 10.1. The molecule has 16 heavy (non-hydrogen) atoms. The van der Waals surface area contributed by atoms with Crippen LogP contribution in [-0.4, -0.2) is 4.98 Å². The Morgan fingerprint density at radius 3 is 2.56 bits per heavy atom. The predicted octanol–water partition coefficient (Wildman–Crippen LogP) is 3.29. The third-order valence-corrected chi connectivity index (χ3v) is 2.23. The smallest absolute Gasteiger partial charge is 0.141 e. The fourth-order valence-electron chi connectivity index (χ4n) is 1.51. The number of rotatable bonds is 1. The molecule has 0 aliphatic rings. The van der Waals surface area contributed by atoms with Crippen LogP contribution in [0.1, 0.15) is 0 Å². The molecule has 0 saturated carbocycles. The van der Waals surface area contributed by atoms with Gasteiger partial charge >= 0.3 is 0 Å². The second-order valence-corrected chi connectivity index (χ2v) is 3.26. The van der Waals surface area contributed by atoms with Crippen LogP contribution in [0.25, 0.3) is 22.6 Å². The van der Waals surface area contributed by atoms with E-state index in [0.29, 0.717) is 5.89 Å². The number of benzene rings is 2. The average Bonchev–Trinajstić information content (AvgIpc) is 2.74. The van der Waals surface area contributed by atoms with E-state index in [9.17, 15) is 0 Å². The number of fused-ring (bicyclic) bond motifs is 1. The largest absolute Gasteiger partial charge is 0.481 e. The van der Waals surface area contributed by atoms with Crippen molar-refractivity contribution >= 4 is 11.1 Å².